The average molecular weight is 540 g/mol. The van der Waals surface area contributed by atoms with Crippen molar-refractivity contribution in [2.24, 2.45) is 0 Å². The predicted octanol–water partition coefficient (Wildman–Crippen LogP) is 6.23. The number of rotatable bonds is 7. The number of aromatic nitrogens is 1. The molecule has 0 bridgehead atoms. The van der Waals surface area contributed by atoms with Gasteiger partial charge in [0.05, 0.1) is 19.9 Å². The van der Waals surface area contributed by atoms with Gasteiger partial charge in [-0.25, -0.2) is 4.98 Å². The first-order valence-electron chi connectivity index (χ1n) is 8.85. The largest absolute Gasteiger partial charge is 0.493 e. The fourth-order valence-electron chi connectivity index (χ4n) is 2.84. The Labute approximate surface area is 190 Å². The second kappa shape index (κ2) is 9.73. The first-order chi connectivity index (χ1) is 13.9. The Bertz CT molecular complexity index is 1020. The fourth-order valence-corrected chi connectivity index (χ4v) is 4.48. The van der Waals surface area contributed by atoms with Crippen molar-refractivity contribution in [3.63, 3.8) is 0 Å². The lowest BCUT2D eigenvalue weighted by atomic mass is 10.1. The lowest BCUT2D eigenvalue weighted by molar-refractivity contribution is -0.116. The minimum Gasteiger partial charge on any atom is -0.493 e. The normalized spacial score (nSPS) is 10.7. The van der Waals surface area contributed by atoms with E-state index in [1.807, 2.05) is 43.3 Å². The summed E-state index contributed by atoms with van der Waals surface area (Å²) < 4.78 is 12.5. The minimum absolute atomic E-state index is 0.0807. The van der Waals surface area contributed by atoms with Gasteiger partial charge < -0.3 is 14.8 Å². The molecule has 0 saturated carbocycles. The number of nitrogens with zero attached hydrogens (tertiary/aromatic N) is 1. The Morgan fingerprint density at radius 3 is 2.41 bits per heavy atom. The molecule has 8 heteroatoms. The zero-order valence-electron chi connectivity index (χ0n) is 16.2. The second-order valence-corrected chi connectivity index (χ2v) is 9.25. The molecule has 3 rings (SSSR count). The molecule has 0 saturated heterocycles. The monoisotopic (exact) mass is 538 g/mol. The molecule has 1 heterocycles. The number of benzene rings is 2. The van der Waals surface area contributed by atoms with E-state index in [9.17, 15) is 4.79 Å². The average Bonchev–Trinajstić information content (AvgIpc) is 3.07. The van der Waals surface area contributed by atoms with E-state index in [2.05, 4.69) is 42.2 Å². The van der Waals surface area contributed by atoms with E-state index in [4.69, 9.17) is 9.47 Å². The Morgan fingerprint density at radius 2 is 1.76 bits per heavy atom. The molecule has 152 valence electrons. The van der Waals surface area contributed by atoms with Gasteiger partial charge in [-0.1, -0.05) is 44.0 Å². The Hall–Kier alpha value is -1.90. The smallest absolute Gasteiger partial charge is 0.226 e. The Balaban J connectivity index is 1.66. The maximum atomic E-state index is 12.5. The highest BCUT2D eigenvalue weighted by atomic mass is 79.9. The highest BCUT2D eigenvalue weighted by Gasteiger charge is 2.14. The van der Waals surface area contributed by atoms with E-state index in [1.165, 1.54) is 11.3 Å². The van der Waals surface area contributed by atoms with Crippen LogP contribution in [-0.2, 0) is 11.2 Å². The Morgan fingerprint density at radius 1 is 1.10 bits per heavy atom. The van der Waals surface area contributed by atoms with Crippen molar-refractivity contribution in [3.05, 3.63) is 55.8 Å². The number of nitrogens with one attached hydrogen (secondary N) is 1. The summed E-state index contributed by atoms with van der Waals surface area (Å²) in [5.41, 5.74) is 2.89. The van der Waals surface area contributed by atoms with Gasteiger partial charge in [-0.3, -0.25) is 4.79 Å². The number of amides is 1. The molecule has 0 unspecified atom stereocenters. The van der Waals surface area contributed by atoms with E-state index in [0.29, 0.717) is 29.5 Å². The molecule has 0 spiro atoms. The van der Waals surface area contributed by atoms with E-state index >= 15 is 0 Å². The van der Waals surface area contributed by atoms with Gasteiger partial charge in [-0.15, -0.1) is 11.3 Å². The van der Waals surface area contributed by atoms with Gasteiger partial charge in [-0.05, 0) is 43.2 Å². The van der Waals surface area contributed by atoms with Gasteiger partial charge in [-0.2, -0.15) is 0 Å². The summed E-state index contributed by atoms with van der Waals surface area (Å²) in [6, 6.07) is 11.7. The number of anilines is 1. The zero-order valence-corrected chi connectivity index (χ0v) is 20.2. The molecule has 29 heavy (non-hydrogen) atoms. The minimum atomic E-state index is -0.0807. The Kier molecular flexibility index (Phi) is 7.32. The number of methoxy groups -OCH3 is 2. The number of hydrogen-bond donors (Lipinski definition) is 1. The van der Waals surface area contributed by atoms with Gasteiger partial charge in [0.1, 0.15) is 0 Å². The topological polar surface area (TPSA) is 60.5 Å². The molecule has 0 radical (unpaired) electrons. The van der Waals surface area contributed by atoms with E-state index in [1.54, 1.807) is 14.2 Å². The van der Waals surface area contributed by atoms with Crippen LogP contribution in [0.2, 0.25) is 0 Å². The van der Waals surface area contributed by atoms with Crippen LogP contribution in [0.5, 0.6) is 11.5 Å². The maximum Gasteiger partial charge on any atom is 0.226 e. The third-order valence-corrected chi connectivity index (χ3v) is 6.49. The van der Waals surface area contributed by atoms with Crippen molar-refractivity contribution in [2.75, 3.05) is 19.5 Å². The van der Waals surface area contributed by atoms with Crippen molar-refractivity contribution in [3.8, 4) is 22.8 Å². The van der Waals surface area contributed by atoms with Gasteiger partial charge in [0.2, 0.25) is 5.91 Å². The van der Waals surface area contributed by atoms with Gasteiger partial charge in [0.25, 0.3) is 0 Å². The molecule has 0 atom stereocenters. The SMILES string of the molecule is COc1cc(Br)c(CCC(=O)Nc2nc(-c3ccc(Br)cc3)c(C)s2)cc1OC. The fraction of sp³-hybridized carbons (Fsp3) is 0.238. The maximum absolute atomic E-state index is 12.5. The van der Waals surface area contributed by atoms with Crippen LogP contribution in [0.3, 0.4) is 0 Å². The van der Waals surface area contributed by atoms with Crippen LogP contribution < -0.4 is 14.8 Å². The molecule has 1 N–H and O–H groups in total. The number of carbonyl (C=O) groups excluding carboxylic acids is 1. The van der Waals surface area contributed by atoms with Gasteiger partial charge >= 0.3 is 0 Å². The summed E-state index contributed by atoms with van der Waals surface area (Å²) in [4.78, 5) is 18.1. The van der Waals surface area contributed by atoms with Crippen LogP contribution in [-0.4, -0.2) is 25.1 Å². The summed E-state index contributed by atoms with van der Waals surface area (Å²) in [7, 11) is 3.19. The van der Waals surface area contributed by atoms with Crippen molar-refractivity contribution >= 4 is 54.2 Å². The quantitative estimate of drug-likeness (QED) is 0.386. The zero-order chi connectivity index (χ0) is 21.0. The standard InChI is InChI=1S/C21H20Br2N2O3S/c1-12-20(13-4-7-15(22)8-5-13)25-21(29-12)24-19(26)9-6-14-10-17(27-2)18(28-3)11-16(14)23/h4-5,7-8,10-11H,6,9H2,1-3H3,(H,24,25,26). The van der Waals surface area contributed by atoms with E-state index in [0.717, 1.165) is 30.6 Å². The number of hydrogen-bond acceptors (Lipinski definition) is 5. The molecule has 1 amide bonds. The summed E-state index contributed by atoms with van der Waals surface area (Å²) in [6.45, 7) is 2.01. The molecule has 3 aromatic rings. The number of halogens is 2. The highest BCUT2D eigenvalue weighted by Crippen LogP contribution is 2.34. The lowest BCUT2D eigenvalue weighted by Crippen LogP contribution is -2.12. The summed E-state index contributed by atoms with van der Waals surface area (Å²) in [5.74, 6) is 1.20. The molecule has 0 fully saturated rings. The molecule has 1 aromatic heterocycles. The summed E-state index contributed by atoms with van der Waals surface area (Å²) in [5, 5.41) is 3.52. The van der Waals surface area contributed by atoms with Crippen molar-refractivity contribution in [1.82, 2.24) is 4.98 Å². The predicted molar refractivity (Wildman–Crippen MR) is 124 cm³/mol. The highest BCUT2D eigenvalue weighted by molar-refractivity contribution is 9.10. The van der Waals surface area contributed by atoms with Crippen LogP contribution in [0.1, 0.15) is 16.9 Å². The number of ether oxygens (including phenoxy) is 2. The molecule has 5 nitrogen and oxygen atoms in total. The van der Waals surface area contributed by atoms with Crippen molar-refractivity contribution < 1.29 is 14.3 Å². The van der Waals surface area contributed by atoms with Crippen LogP contribution in [0.4, 0.5) is 5.13 Å². The molecule has 2 aromatic carbocycles. The molecular formula is C21H20Br2N2O3S. The van der Waals surface area contributed by atoms with E-state index < -0.39 is 0 Å². The van der Waals surface area contributed by atoms with Crippen LogP contribution in [0.25, 0.3) is 11.3 Å². The van der Waals surface area contributed by atoms with Crippen LogP contribution in [0.15, 0.2) is 45.3 Å². The molecule has 0 aliphatic carbocycles. The third kappa shape index (κ3) is 5.38. The second-order valence-electron chi connectivity index (χ2n) is 6.28. The lowest BCUT2D eigenvalue weighted by Gasteiger charge is -2.11. The number of carbonyl (C=O) groups is 1. The summed E-state index contributed by atoms with van der Waals surface area (Å²) in [6.07, 6.45) is 0.900. The first-order valence-corrected chi connectivity index (χ1v) is 11.2. The van der Waals surface area contributed by atoms with Gasteiger partial charge in [0.15, 0.2) is 16.6 Å². The van der Waals surface area contributed by atoms with Crippen molar-refractivity contribution in [1.29, 1.82) is 0 Å². The third-order valence-electron chi connectivity index (χ3n) is 4.33. The van der Waals surface area contributed by atoms with Crippen molar-refractivity contribution in [2.45, 2.75) is 19.8 Å². The number of aryl methyl sites for hydroxylation is 2. The summed E-state index contributed by atoms with van der Waals surface area (Å²) >= 11 is 8.45. The van der Waals surface area contributed by atoms with Gasteiger partial charge in [0, 0.05) is 25.8 Å². The molecule has 0 aliphatic heterocycles. The molecular weight excluding hydrogens is 520 g/mol. The number of thiazole rings is 1. The van der Waals surface area contributed by atoms with Crippen LogP contribution in [0, 0.1) is 6.92 Å². The first kappa shape index (κ1) is 21.8. The van der Waals surface area contributed by atoms with E-state index in [-0.39, 0.29) is 5.91 Å². The molecule has 0 aliphatic rings. The van der Waals surface area contributed by atoms with Crippen LogP contribution >= 0.6 is 43.2 Å².